The first-order chi connectivity index (χ1) is 20.8. The third-order valence-corrected chi connectivity index (χ3v) is 12.1. The van der Waals surface area contributed by atoms with Gasteiger partial charge < -0.3 is 19.5 Å². The van der Waals surface area contributed by atoms with Gasteiger partial charge in [0.2, 0.25) is 10.0 Å². The van der Waals surface area contributed by atoms with Crippen molar-refractivity contribution in [3.63, 3.8) is 0 Å². The predicted molar refractivity (Wildman–Crippen MR) is 172 cm³/mol. The lowest BCUT2D eigenvalue weighted by Crippen LogP contribution is -2.51. The lowest BCUT2D eigenvalue weighted by molar-refractivity contribution is -0.00460. The highest BCUT2D eigenvalue weighted by atomic mass is 35.5. The highest BCUT2D eigenvalue weighted by Gasteiger charge is 2.48. The molecule has 6 atom stereocenters. The van der Waals surface area contributed by atoms with E-state index in [0.29, 0.717) is 24.2 Å². The summed E-state index contributed by atoms with van der Waals surface area (Å²) in [5.41, 5.74) is 4.38. The van der Waals surface area contributed by atoms with Crippen LogP contribution in [0.1, 0.15) is 67.4 Å². The molecule has 1 aliphatic heterocycles. The molecule has 0 bridgehead atoms. The van der Waals surface area contributed by atoms with Crippen molar-refractivity contribution >= 4 is 33.3 Å². The van der Waals surface area contributed by atoms with Crippen molar-refractivity contribution in [3.05, 3.63) is 69.8 Å². The fourth-order valence-corrected chi connectivity index (χ4v) is 9.50. The summed E-state index contributed by atoms with van der Waals surface area (Å²) in [6.45, 7) is 6.06. The molecule has 8 nitrogen and oxygen atoms in total. The molecular formula is C34H43ClN2O6S. The minimum atomic E-state index is -3.55. The van der Waals surface area contributed by atoms with Crippen LogP contribution in [-0.4, -0.2) is 58.2 Å². The molecule has 0 saturated heterocycles. The molecule has 1 fully saturated rings. The van der Waals surface area contributed by atoms with E-state index in [1.807, 2.05) is 13.0 Å². The van der Waals surface area contributed by atoms with E-state index in [4.69, 9.17) is 26.2 Å². The monoisotopic (exact) mass is 642 g/mol. The van der Waals surface area contributed by atoms with Crippen molar-refractivity contribution in [2.75, 3.05) is 37.5 Å². The summed E-state index contributed by atoms with van der Waals surface area (Å²) in [5, 5.41) is 15.9. The zero-order chi connectivity index (χ0) is 31.4. The summed E-state index contributed by atoms with van der Waals surface area (Å²) >= 11 is 6.40. The highest BCUT2D eigenvalue weighted by Crippen LogP contribution is 2.52. The SMILES string of the molecule is CO[C@@H](C1=CC(C)([C@H](C)CS(N)(=O)=O)C1)[C@@H]1CC[C@H]1CN1C[C@@]2(CCCc3cc(Cl)ccc32)COc2ccc(C(=O)O)cc21. The Bertz CT molecular complexity index is 1590. The third-order valence-electron chi connectivity index (χ3n) is 10.9. The van der Waals surface area contributed by atoms with Crippen LogP contribution >= 0.6 is 11.6 Å². The van der Waals surface area contributed by atoms with E-state index in [0.717, 1.165) is 62.3 Å². The molecule has 1 unspecified atom stereocenters. The van der Waals surface area contributed by atoms with Crippen molar-refractivity contribution in [2.24, 2.45) is 28.3 Å². The Kier molecular flexibility index (Phi) is 8.31. The average Bonchev–Trinajstić information content (AvgIpc) is 3.08. The van der Waals surface area contributed by atoms with Gasteiger partial charge in [-0.3, -0.25) is 0 Å². The van der Waals surface area contributed by atoms with Crippen LogP contribution < -0.4 is 14.8 Å². The quantitative estimate of drug-likeness (QED) is 0.331. The number of carbonyl (C=O) groups is 1. The number of aromatic carboxylic acids is 1. The van der Waals surface area contributed by atoms with Gasteiger partial charge in [-0.25, -0.2) is 18.4 Å². The minimum Gasteiger partial charge on any atom is -0.490 e. The maximum atomic E-state index is 12.0. The smallest absolute Gasteiger partial charge is 0.335 e. The Morgan fingerprint density at radius 2 is 2.02 bits per heavy atom. The third kappa shape index (κ3) is 5.88. The Morgan fingerprint density at radius 1 is 1.25 bits per heavy atom. The standard InChI is InChI=1S/C34H43ClN2O6S/c1-21(18-44(36,40)41)33(2)15-25(16-33)31(42-3)27-9-6-24(27)17-37-19-34(12-4-5-22-13-26(35)8-10-28(22)34)20-43-30-11-7-23(32(38)39)14-29(30)37/h7-8,10-11,13-15,21,24,27,31H,4-6,9,12,16-20H2,1-3H3,(H,38,39)(H2,36,40,41)/t21-,24+,27-,31+,33?,34+/m1/s1. The number of rotatable bonds is 9. The number of halogens is 1. The molecule has 238 valence electrons. The first-order valence-corrected chi connectivity index (χ1v) is 17.7. The van der Waals surface area contributed by atoms with E-state index in [9.17, 15) is 18.3 Å². The molecule has 1 spiro atoms. The molecule has 1 heterocycles. The molecule has 0 radical (unpaired) electrons. The number of hydrogen-bond donors (Lipinski definition) is 2. The van der Waals surface area contributed by atoms with Crippen LogP contribution in [0.25, 0.3) is 0 Å². The largest absolute Gasteiger partial charge is 0.490 e. The lowest BCUT2D eigenvalue weighted by Gasteiger charge is -2.50. The molecule has 3 N–H and O–H groups in total. The first kappa shape index (κ1) is 31.4. The van der Waals surface area contributed by atoms with Gasteiger partial charge >= 0.3 is 5.97 Å². The number of aryl methyl sites for hydroxylation is 1. The van der Waals surface area contributed by atoms with Crippen molar-refractivity contribution < 1.29 is 27.8 Å². The maximum absolute atomic E-state index is 12.0. The van der Waals surface area contributed by atoms with E-state index in [-0.39, 0.29) is 34.2 Å². The molecule has 2 aromatic rings. The summed E-state index contributed by atoms with van der Waals surface area (Å²) in [6.07, 6.45) is 8.06. The summed E-state index contributed by atoms with van der Waals surface area (Å²) in [7, 11) is -1.79. The van der Waals surface area contributed by atoms with Gasteiger partial charge in [-0.1, -0.05) is 37.6 Å². The number of sulfonamides is 1. The second-order valence-corrected chi connectivity index (χ2v) is 16.0. The number of primary sulfonamides is 1. The molecule has 6 rings (SSSR count). The number of methoxy groups -OCH3 is 1. The van der Waals surface area contributed by atoms with Gasteiger partial charge in [-0.05, 0) is 109 Å². The normalized spacial score (nSPS) is 29.2. The number of ether oxygens (including phenoxy) is 2. The van der Waals surface area contributed by atoms with Gasteiger partial charge in [0.25, 0.3) is 0 Å². The lowest BCUT2D eigenvalue weighted by atomic mass is 9.60. The van der Waals surface area contributed by atoms with Gasteiger partial charge in [0, 0.05) is 30.6 Å². The average molecular weight is 643 g/mol. The fraction of sp³-hybridized carbons (Fsp3) is 0.559. The number of carboxylic acids is 1. The number of anilines is 1. The number of nitrogens with zero attached hydrogens (tertiary/aromatic N) is 1. The van der Waals surface area contributed by atoms with Crippen molar-refractivity contribution in [3.8, 4) is 5.75 Å². The van der Waals surface area contributed by atoms with E-state index < -0.39 is 16.0 Å². The first-order valence-electron chi connectivity index (χ1n) is 15.6. The minimum absolute atomic E-state index is 0.0388. The number of hydrogen-bond acceptors (Lipinski definition) is 6. The van der Waals surface area contributed by atoms with Gasteiger partial charge in [-0.15, -0.1) is 0 Å². The van der Waals surface area contributed by atoms with Gasteiger partial charge in [-0.2, -0.15) is 0 Å². The molecule has 44 heavy (non-hydrogen) atoms. The van der Waals surface area contributed by atoms with E-state index >= 15 is 0 Å². The van der Waals surface area contributed by atoms with Crippen LogP contribution in [0.3, 0.4) is 0 Å². The number of carboxylic acid groups (broad SMARTS) is 1. The summed E-state index contributed by atoms with van der Waals surface area (Å²) in [6, 6.07) is 11.4. The van der Waals surface area contributed by atoms with Crippen molar-refractivity contribution in [1.82, 2.24) is 0 Å². The van der Waals surface area contributed by atoms with Gasteiger partial charge in [0.05, 0.1) is 29.7 Å². The number of benzene rings is 2. The second kappa shape index (κ2) is 11.6. The zero-order valence-corrected chi connectivity index (χ0v) is 27.3. The van der Waals surface area contributed by atoms with Crippen LogP contribution in [0.5, 0.6) is 5.75 Å². The van der Waals surface area contributed by atoms with Gasteiger partial charge in [0.1, 0.15) is 5.75 Å². The molecule has 0 amide bonds. The maximum Gasteiger partial charge on any atom is 0.335 e. The Labute approximate surface area is 265 Å². The summed E-state index contributed by atoms with van der Waals surface area (Å²) < 4.78 is 36.1. The zero-order valence-electron chi connectivity index (χ0n) is 25.7. The fourth-order valence-electron chi connectivity index (χ4n) is 8.22. The topological polar surface area (TPSA) is 119 Å². The Balaban J connectivity index is 1.28. The van der Waals surface area contributed by atoms with E-state index in [1.165, 1.54) is 16.7 Å². The Hall–Kier alpha value is -2.59. The van der Waals surface area contributed by atoms with Crippen molar-refractivity contribution in [1.29, 1.82) is 0 Å². The van der Waals surface area contributed by atoms with E-state index in [2.05, 4.69) is 30.0 Å². The molecule has 4 aliphatic rings. The Morgan fingerprint density at radius 3 is 2.68 bits per heavy atom. The predicted octanol–water partition coefficient (Wildman–Crippen LogP) is 5.81. The van der Waals surface area contributed by atoms with Gasteiger partial charge in [0.15, 0.2) is 0 Å². The van der Waals surface area contributed by atoms with Crippen molar-refractivity contribution in [2.45, 2.75) is 63.9 Å². The van der Waals surface area contributed by atoms with Crippen LogP contribution in [0.2, 0.25) is 5.02 Å². The van der Waals surface area contributed by atoms with Crippen LogP contribution in [0.15, 0.2) is 48.0 Å². The van der Waals surface area contributed by atoms with Crippen LogP contribution in [0.4, 0.5) is 5.69 Å². The van der Waals surface area contributed by atoms with E-state index in [1.54, 1.807) is 25.3 Å². The molecule has 2 aromatic carbocycles. The molecular weight excluding hydrogens is 600 g/mol. The molecule has 10 heteroatoms. The number of allylic oxidation sites excluding steroid dienone is 1. The number of nitrogens with two attached hydrogens (primary N) is 1. The molecule has 1 saturated carbocycles. The summed E-state index contributed by atoms with van der Waals surface area (Å²) in [4.78, 5) is 14.4. The second-order valence-electron chi connectivity index (χ2n) is 13.9. The molecule has 0 aromatic heterocycles. The van der Waals surface area contributed by atoms with Crippen LogP contribution in [-0.2, 0) is 26.6 Å². The number of fused-ring (bicyclic) bond motifs is 3. The highest BCUT2D eigenvalue weighted by molar-refractivity contribution is 7.89. The molecule has 3 aliphatic carbocycles. The summed E-state index contributed by atoms with van der Waals surface area (Å²) in [5.74, 6) is 0.295. The van der Waals surface area contributed by atoms with Crippen LogP contribution in [0, 0.1) is 23.2 Å².